The van der Waals surface area contributed by atoms with Gasteiger partial charge in [-0.2, -0.15) is 0 Å². The van der Waals surface area contributed by atoms with Gasteiger partial charge in [0.25, 0.3) is 0 Å². The number of rotatable bonds is 6. The molecule has 3 atom stereocenters. The van der Waals surface area contributed by atoms with Gasteiger partial charge in [0.2, 0.25) is 11.8 Å². The summed E-state index contributed by atoms with van der Waals surface area (Å²) in [5.74, 6) is -0.268. The molecule has 2 amide bonds. The highest BCUT2D eigenvalue weighted by atomic mass is 16.5. The summed E-state index contributed by atoms with van der Waals surface area (Å²) in [7, 11) is 1.57. The summed E-state index contributed by atoms with van der Waals surface area (Å²) in [5.41, 5.74) is 5.62. The smallest absolute Gasteiger partial charge is 0.238 e. The predicted molar refractivity (Wildman–Crippen MR) is 106 cm³/mol. The number of hydrogen-bond donors (Lipinski definition) is 1. The Hall–Kier alpha value is -3.22. The van der Waals surface area contributed by atoms with E-state index in [1.165, 1.54) is 0 Å². The largest absolute Gasteiger partial charge is 0.493 e. The van der Waals surface area contributed by atoms with E-state index >= 15 is 0 Å². The molecule has 7 heteroatoms. The first-order valence-corrected chi connectivity index (χ1v) is 9.59. The molecule has 152 valence electrons. The number of nitrogens with zero attached hydrogens (tertiary/aromatic N) is 1. The summed E-state index contributed by atoms with van der Waals surface area (Å²) in [5, 5.41) is 0. The van der Waals surface area contributed by atoms with Gasteiger partial charge in [0.1, 0.15) is 18.3 Å². The molecular weight excluding hydrogens is 372 g/mol. The topological polar surface area (TPSA) is 91.1 Å². The Morgan fingerprint density at radius 1 is 1.21 bits per heavy atom. The number of carbonyl (C=O) groups excluding carboxylic acids is 2. The molecule has 7 nitrogen and oxygen atoms in total. The van der Waals surface area contributed by atoms with Crippen molar-refractivity contribution in [2.75, 3.05) is 20.3 Å². The normalized spacial score (nSPS) is 25.0. The molecule has 1 fully saturated rings. The van der Waals surface area contributed by atoms with Crippen molar-refractivity contribution >= 4 is 11.8 Å². The van der Waals surface area contributed by atoms with Crippen molar-refractivity contribution in [2.45, 2.75) is 25.0 Å². The molecule has 2 heterocycles. The standard InChI is InChI=1S/C22H24N2O5/c1-22-13-15(14-7-3-4-8-16(14)29-22)19(20(23)25)21(26)24(22)11-12-28-18-10-6-5-9-17(18)27-2/h3-10,15,19H,11-13H2,1-2H3,(H2,23,25). The number of likely N-dealkylation sites (tertiary alicyclic amines) is 1. The molecule has 4 rings (SSSR count). The average Bonchev–Trinajstić information content (AvgIpc) is 2.70. The van der Waals surface area contributed by atoms with Crippen LogP contribution in [0.5, 0.6) is 17.2 Å². The average molecular weight is 396 g/mol. The molecule has 2 aliphatic heterocycles. The van der Waals surface area contributed by atoms with Gasteiger partial charge in [-0.25, -0.2) is 0 Å². The lowest BCUT2D eigenvalue weighted by atomic mass is 9.73. The van der Waals surface area contributed by atoms with E-state index in [1.54, 1.807) is 24.1 Å². The first-order chi connectivity index (χ1) is 13.9. The monoisotopic (exact) mass is 396 g/mol. The number of hydrogen-bond acceptors (Lipinski definition) is 5. The van der Waals surface area contributed by atoms with Gasteiger partial charge in [0, 0.05) is 12.3 Å². The summed E-state index contributed by atoms with van der Waals surface area (Å²) < 4.78 is 17.3. The summed E-state index contributed by atoms with van der Waals surface area (Å²) >= 11 is 0. The molecule has 2 aromatic rings. The van der Waals surface area contributed by atoms with Gasteiger partial charge in [-0.15, -0.1) is 0 Å². The van der Waals surface area contributed by atoms with E-state index in [9.17, 15) is 9.59 Å². The van der Waals surface area contributed by atoms with Gasteiger partial charge in [0.15, 0.2) is 17.2 Å². The maximum absolute atomic E-state index is 13.2. The number of ether oxygens (including phenoxy) is 3. The Morgan fingerprint density at radius 2 is 1.90 bits per heavy atom. The van der Waals surface area contributed by atoms with E-state index in [0.717, 1.165) is 5.56 Å². The first kappa shape index (κ1) is 19.1. The Bertz CT molecular complexity index is 946. The van der Waals surface area contributed by atoms with Crippen LogP contribution in [0.2, 0.25) is 0 Å². The van der Waals surface area contributed by atoms with E-state index in [4.69, 9.17) is 19.9 Å². The lowest BCUT2D eigenvalue weighted by Crippen LogP contribution is -2.65. The molecule has 0 radical (unpaired) electrons. The van der Waals surface area contributed by atoms with Crippen molar-refractivity contribution in [3.05, 3.63) is 54.1 Å². The van der Waals surface area contributed by atoms with Crippen molar-refractivity contribution in [2.24, 2.45) is 11.7 Å². The zero-order chi connectivity index (χ0) is 20.6. The van der Waals surface area contributed by atoms with Gasteiger partial charge in [0.05, 0.1) is 13.7 Å². The highest BCUT2D eigenvalue weighted by molar-refractivity contribution is 6.01. The van der Waals surface area contributed by atoms with E-state index in [2.05, 4.69) is 0 Å². The zero-order valence-electron chi connectivity index (χ0n) is 16.5. The minimum Gasteiger partial charge on any atom is -0.493 e. The van der Waals surface area contributed by atoms with E-state index < -0.39 is 17.6 Å². The number of piperidine rings is 1. The summed E-state index contributed by atoms with van der Waals surface area (Å²) in [6.07, 6.45) is 0.498. The molecule has 0 aromatic heterocycles. The molecule has 29 heavy (non-hydrogen) atoms. The Balaban J connectivity index is 1.59. The number of benzene rings is 2. The van der Waals surface area contributed by atoms with Crippen molar-refractivity contribution in [3.8, 4) is 17.2 Å². The third kappa shape index (κ3) is 3.26. The fourth-order valence-corrected chi connectivity index (χ4v) is 4.36. The quantitative estimate of drug-likeness (QED) is 0.757. The molecule has 2 N–H and O–H groups in total. The van der Waals surface area contributed by atoms with Crippen LogP contribution in [-0.2, 0) is 9.59 Å². The van der Waals surface area contributed by atoms with Gasteiger partial charge in [-0.3, -0.25) is 9.59 Å². The third-order valence-electron chi connectivity index (χ3n) is 5.70. The Labute approximate surface area is 169 Å². The van der Waals surface area contributed by atoms with Crippen LogP contribution in [0.15, 0.2) is 48.5 Å². The highest BCUT2D eigenvalue weighted by Crippen LogP contribution is 2.49. The second kappa shape index (κ2) is 7.31. The Morgan fingerprint density at radius 3 is 2.62 bits per heavy atom. The van der Waals surface area contributed by atoms with Crippen molar-refractivity contribution in [1.29, 1.82) is 0 Å². The van der Waals surface area contributed by atoms with Crippen LogP contribution in [0.3, 0.4) is 0 Å². The van der Waals surface area contributed by atoms with E-state index in [1.807, 2.05) is 43.3 Å². The SMILES string of the molecule is COc1ccccc1OCCN1C(=O)C(C(N)=O)C2CC1(C)Oc1ccccc12. The van der Waals surface area contributed by atoms with Crippen LogP contribution in [0, 0.1) is 5.92 Å². The van der Waals surface area contributed by atoms with Crippen LogP contribution in [-0.4, -0.2) is 42.7 Å². The van der Waals surface area contributed by atoms with Crippen molar-refractivity contribution in [3.63, 3.8) is 0 Å². The fourth-order valence-electron chi connectivity index (χ4n) is 4.36. The van der Waals surface area contributed by atoms with E-state index in [-0.39, 0.29) is 25.0 Å². The molecule has 1 saturated heterocycles. The number of amides is 2. The molecule has 0 saturated carbocycles. The molecule has 2 bridgehead atoms. The van der Waals surface area contributed by atoms with Gasteiger partial charge < -0.3 is 24.8 Å². The van der Waals surface area contributed by atoms with Crippen LogP contribution in [0.25, 0.3) is 0 Å². The van der Waals surface area contributed by atoms with Gasteiger partial charge >= 0.3 is 0 Å². The summed E-state index contributed by atoms with van der Waals surface area (Å²) in [6, 6.07) is 14.8. The zero-order valence-corrected chi connectivity index (χ0v) is 16.5. The Kier molecular flexibility index (Phi) is 4.82. The molecule has 0 spiro atoms. The first-order valence-electron chi connectivity index (χ1n) is 9.59. The summed E-state index contributed by atoms with van der Waals surface area (Å²) in [6.45, 7) is 2.35. The van der Waals surface area contributed by atoms with Crippen LogP contribution < -0.4 is 19.9 Å². The highest BCUT2D eigenvalue weighted by Gasteiger charge is 2.55. The lowest BCUT2D eigenvalue weighted by molar-refractivity contribution is -0.176. The number of primary amides is 1. The predicted octanol–water partition coefficient (Wildman–Crippen LogP) is 2.30. The van der Waals surface area contributed by atoms with Crippen LogP contribution >= 0.6 is 0 Å². The van der Waals surface area contributed by atoms with Crippen molar-refractivity contribution < 1.29 is 23.8 Å². The number of nitrogens with two attached hydrogens (primary N) is 1. The maximum atomic E-state index is 13.2. The minimum atomic E-state index is -0.917. The number of carbonyl (C=O) groups is 2. The second-order valence-electron chi connectivity index (χ2n) is 7.49. The maximum Gasteiger partial charge on any atom is 0.238 e. The molecule has 2 aliphatic rings. The molecular formula is C22H24N2O5. The fraction of sp³-hybridized carbons (Fsp3) is 0.364. The molecule has 2 aromatic carbocycles. The lowest BCUT2D eigenvalue weighted by Gasteiger charge is -2.52. The van der Waals surface area contributed by atoms with Crippen molar-refractivity contribution in [1.82, 2.24) is 4.90 Å². The van der Waals surface area contributed by atoms with Crippen LogP contribution in [0.1, 0.15) is 24.8 Å². The van der Waals surface area contributed by atoms with Crippen LogP contribution in [0.4, 0.5) is 0 Å². The number of fused-ring (bicyclic) bond motifs is 4. The number of para-hydroxylation sites is 3. The molecule has 3 unspecified atom stereocenters. The minimum absolute atomic E-state index is 0.225. The summed E-state index contributed by atoms with van der Waals surface area (Å²) in [4.78, 5) is 27.0. The third-order valence-corrected chi connectivity index (χ3v) is 5.70. The van der Waals surface area contributed by atoms with Gasteiger partial charge in [-0.05, 0) is 30.7 Å². The number of methoxy groups -OCH3 is 1. The van der Waals surface area contributed by atoms with Gasteiger partial charge in [-0.1, -0.05) is 30.3 Å². The van der Waals surface area contributed by atoms with E-state index in [0.29, 0.717) is 23.7 Å². The second-order valence-corrected chi connectivity index (χ2v) is 7.49. The molecule has 0 aliphatic carbocycles.